The highest BCUT2D eigenvalue weighted by molar-refractivity contribution is 5.83. The van der Waals surface area contributed by atoms with Gasteiger partial charge in [0.2, 0.25) is 0 Å². The molecule has 3 heterocycles. The Morgan fingerprint density at radius 3 is 2.45 bits per heavy atom. The molecule has 9 heteroatoms. The molecule has 4 saturated carbocycles. The van der Waals surface area contributed by atoms with Crippen molar-refractivity contribution in [3.63, 3.8) is 0 Å². The Hall–Kier alpha value is -0.650. The zero-order chi connectivity index (χ0) is 29.7. The van der Waals surface area contributed by atoms with Crippen molar-refractivity contribution in [3.05, 3.63) is 0 Å². The fourth-order valence-electron chi connectivity index (χ4n) is 11.8. The molecule has 3 aliphatic heterocycles. The molecule has 17 atom stereocenters. The monoisotopic (exact) mass is 591 g/mol. The molecule has 0 radical (unpaired) electrons. The Morgan fingerprint density at radius 2 is 1.69 bits per heavy atom. The second-order valence-corrected chi connectivity index (χ2v) is 16.0. The SMILES string of the molecule is C[C@H]1CC[C@@H]2N(C1)C[C@@H]1[C@@H]3C[C@H]4[C@@H](CC(=O)[C@H]5C[C@H](O[C@H]6O[C@H](CO)[C@@H](O)[C@H](O)[C@H]6O)CC[C@@]54C)[C@@H]3CC[C@H]1[C@]2(C)O. The molecule has 0 unspecified atom stereocenters. The quantitative estimate of drug-likeness (QED) is 0.310. The van der Waals surface area contributed by atoms with Gasteiger partial charge in [0.05, 0.1) is 18.3 Å². The maximum atomic E-state index is 13.9. The molecule has 0 aromatic heterocycles. The van der Waals surface area contributed by atoms with Gasteiger partial charge in [0, 0.05) is 31.5 Å². The van der Waals surface area contributed by atoms with Gasteiger partial charge in [0.1, 0.15) is 30.2 Å². The molecule has 0 aromatic rings. The van der Waals surface area contributed by atoms with Crippen LogP contribution >= 0.6 is 0 Å². The number of ether oxygens (including phenoxy) is 2. The lowest BCUT2D eigenvalue weighted by molar-refractivity contribution is -0.315. The number of Topliss-reactive ketones (excluding diaryl/α,β-unsaturated/α-hetero) is 1. The van der Waals surface area contributed by atoms with Crippen LogP contribution < -0.4 is 0 Å². The average molecular weight is 592 g/mol. The Morgan fingerprint density at radius 1 is 0.905 bits per heavy atom. The van der Waals surface area contributed by atoms with Gasteiger partial charge in [-0.1, -0.05) is 13.8 Å². The summed E-state index contributed by atoms with van der Waals surface area (Å²) in [6.45, 7) is 8.49. The summed E-state index contributed by atoms with van der Waals surface area (Å²) in [5.74, 6) is 3.79. The van der Waals surface area contributed by atoms with Crippen molar-refractivity contribution in [3.8, 4) is 0 Å². The minimum absolute atomic E-state index is 0.0958. The maximum Gasteiger partial charge on any atom is 0.186 e. The summed E-state index contributed by atoms with van der Waals surface area (Å²) in [6.07, 6.45) is 1.67. The second kappa shape index (κ2) is 10.7. The summed E-state index contributed by atoms with van der Waals surface area (Å²) in [4.78, 5) is 16.5. The number of nitrogens with zero attached hydrogens (tertiary/aromatic N) is 1. The standard InChI is InChI=1S/C33H53NO8/c1-16-4-7-27-33(3,40)22-6-5-18-19(21(22)14-34(27)13-16)11-23-20(18)12-25(36)24-10-17(8-9-32(23,24)2)41-31-30(39)29(38)28(37)26(15-35)42-31/h16-24,26-31,35,37-40H,4-15H2,1-3H3/t16-,17+,18+,19+,20-,21+,22+,23-,24+,26+,27-,28+,29-,30+,31-,32+,33-/m0/s1. The number of aliphatic hydroxyl groups is 5. The third kappa shape index (κ3) is 4.50. The van der Waals surface area contributed by atoms with E-state index in [-0.39, 0.29) is 23.5 Å². The van der Waals surface area contributed by atoms with Crippen LogP contribution in [-0.4, -0.2) is 104 Å². The summed E-state index contributed by atoms with van der Waals surface area (Å²) in [5.41, 5.74) is -0.745. The topological polar surface area (TPSA) is 140 Å². The van der Waals surface area contributed by atoms with E-state index in [2.05, 4.69) is 25.7 Å². The van der Waals surface area contributed by atoms with E-state index in [1.165, 1.54) is 6.42 Å². The minimum Gasteiger partial charge on any atom is -0.394 e. The molecule has 0 amide bonds. The molecule has 3 saturated heterocycles. The molecule has 7 aliphatic rings. The minimum atomic E-state index is -1.47. The Labute approximate surface area is 249 Å². The first-order valence-corrected chi connectivity index (χ1v) is 16.9. The zero-order valence-corrected chi connectivity index (χ0v) is 25.6. The van der Waals surface area contributed by atoms with Crippen LogP contribution in [-0.2, 0) is 14.3 Å². The molecule has 9 nitrogen and oxygen atoms in total. The zero-order valence-electron chi connectivity index (χ0n) is 25.6. The van der Waals surface area contributed by atoms with Crippen LogP contribution in [0.3, 0.4) is 0 Å². The maximum absolute atomic E-state index is 13.9. The predicted molar refractivity (Wildman–Crippen MR) is 153 cm³/mol. The van der Waals surface area contributed by atoms with E-state index in [9.17, 15) is 30.3 Å². The van der Waals surface area contributed by atoms with Crippen molar-refractivity contribution in [2.75, 3.05) is 19.7 Å². The molecule has 0 aromatic carbocycles. The highest BCUT2D eigenvalue weighted by Crippen LogP contribution is 2.66. The molecular weight excluding hydrogens is 538 g/mol. The summed E-state index contributed by atoms with van der Waals surface area (Å²) in [6, 6.07) is 0.276. The molecule has 238 valence electrons. The lowest BCUT2D eigenvalue weighted by Gasteiger charge is -2.59. The van der Waals surface area contributed by atoms with Crippen LogP contribution in [0.2, 0.25) is 0 Å². The van der Waals surface area contributed by atoms with Crippen molar-refractivity contribution in [1.29, 1.82) is 0 Å². The number of piperidine rings is 2. The number of fused-ring (bicyclic) bond motifs is 8. The van der Waals surface area contributed by atoms with Crippen molar-refractivity contribution in [1.82, 2.24) is 4.90 Å². The third-order valence-electron chi connectivity index (χ3n) is 14.0. The van der Waals surface area contributed by atoms with E-state index in [0.717, 1.165) is 51.6 Å². The summed E-state index contributed by atoms with van der Waals surface area (Å²) < 4.78 is 11.8. The average Bonchev–Trinajstić information content (AvgIpc) is 3.33. The van der Waals surface area contributed by atoms with Crippen LogP contribution in [0.4, 0.5) is 0 Å². The van der Waals surface area contributed by atoms with E-state index in [4.69, 9.17) is 9.47 Å². The van der Waals surface area contributed by atoms with Gasteiger partial charge in [-0.15, -0.1) is 0 Å². The van der Waals surface area contributed by atoms with Crippen LogP contribution in [0.25, 0.3) is 0 Å². The van der Waals surface area contributed by atoms with Crippen molar-refractivity contribution in [2.24, 2.45) is 52.8 Å². The molecule has 0 bridgehead atoms. The van der Waals surface area contributed by atoms with E-state index in [1.807, 2.05) is 0 Å². The van der Waals surface area contributed by atoms with E-state index in [0.29, 0.717) is 60.1 Å². The second-order valence-electron chi connectivity index (χ2n) is 16.0. The van der Waals surface area contributed by atoms with Crippen molar-refractivity contribution >= 4 is 5.78 Å². The number of ketones is 1. The first-order valence-electron chi connectivity index (χ1n) is 16.9. The van der Waals surface area contributed by atoms with Gasteiger partial charge in [-0.25, -0.2) is 0 Å². The Kier molecular flexibility index (Phi) is 7.66. The highest BCUT2D eigenvalue weighted by atomic mass is 16.7. The van der Waals surface area contributed by atoms with Crippen LogP contribution in [0.5, 0.6) is 0 Å². The van der Waals surface area contributed by atoms with Gasteiger partial charge in [-0.2, -0.15) is 0 Å². The number of carbonyl (C=O) groups excluding carboxylic acids is 1. The summed E-state index contributed by atoms with van der Waals surface area (Å²) in [7, 11) is 0. The lowest BCUT2D eigenvalue weighted by Crippen LogP contribution is -2.67. The predicted octanol–water partition coefficient (Wildman–Crippen LogP) is 1.71. The number of hydrogen-bond donors (Lipinski definition) is 5. The number of carbonyl (C=O) groups is 1. The number of rotatable bonds is 3. The molecule has 4 aliphatic carbocycles. The Bertz CT molecular complexity index is 1040. The molecule has 7 rings (SSSR count). The third-order valence-corrected chi connectivity index (χ3v) is 14.0. The smallest absolute Gasteiger partial charge is 0.186 e. The van der Waals surface area contributed by atoms with Gasteiger partial charge < -0.3 is 35.0 Å². The number of hydrogen-bond acceptors (Lipinski definition) is 9. The number of aliphatic hydroxyl groups excluding tert-OH is 4. The molecule has 7 fully saturated rings. The van der Waals surface area contributed by atoms with E-state index in [1.54, 1.807) is 0 Å². The molecule has 0 spiro atoms. The van der Waals surface area contributed by atoms with Crippen LogP contribution in [0.1, 0.15) is 78.6 Å². The normalized spacial score (nSPS) is 57.9. The fourth-order valence-corrected chi connectivity index (χ4v) is 11.8. The first-order chi connectivity index (χ1) is 19.9. The van der Waals surface area contributed by atoms with E-state index < -0.39 is 42.9 Å². The van der Waals surface area contributed by atoms with Gasteiger partial charge in [-0.05, 0) is 105 Å². The van der Waals surface area contributed by atoms with Crippen LogP contribution in [0.15, 0.2) is 0 Å². The molecular formula is C33H53NO8. The van der Waals surface area contributed by atoms with Crippen molar-refractivity contribution in [2.45, 2.75) is 127 Å². The molecule has 42 heavy (non-hydrogen) atoms. The van der Waals surface area contributed by atoms with Gasteiger partial charge in [0.25, 0.3) is 0 Å². The first kappa shape index (κ1) is 30.0. The summed E-state index contributed by atoms with van der Waals surface area (Å²) in [5, 5.41) is 52.4. The van der Waals surface area contributed by atoms with Crippen molar-refractivity contribution < 1.29 is 39.8 Å². The summed E-state index contributed by atoms with van der Waals surface area (Å²) >= 11 is 0. The van der Waals surface area contributed by atoms with E-state index >= 15 is 0 Å². The van der Waals surface area contributed by atoms with Gasteiger partial charge in [-0.3, -0.25) is 9.69 Å². The van der Waals surface area contributed by atoms with Crippen LogP contribution in [0, 0.1) is 52.8 Å². The fraction of sp³-hybridized carbons (Fsp3) is 0.970. The largest absolute Gasteiger partial charge is 0.394 e. The lowest BCUT2D eigenvalue weighted by atomic mass is 9.51. The molecule has 5 N–H and O–H groups in total. The van der Waals surface area contributed by atoms with Gasteiger partial charge in [0.15, 0.2) is 6.29 Å². The van der Waals surface area contributed by atoms with Gasteiger partial charge >= 0.3 is 0 Å². The Balaban J connectivity index is 1.07. The highest BCUT2D eigenvalue weighted by Gasteiger charge is 2.64.